The Labute approximate surface area is 240 Å². The quantitative estimate of drug-likeness (QED) is 0.324. The summed E-state index contributed by atoms with van der Waals surface area (Å²) < 4.78 is 46.0. The van der Waals surface area contributed by atoms with E-state index >= 15 is 0 Å². The largest absolute Gasteiger partial charge is 0.497 e. The van der Waals surface area contributed by atoms with Crippen molar-refractivity contribution in [3.05, 3.63) is 90.0 Å². The van der Waals surface area contributed by atoms with Gasteiger partial charge in [0.15, 0.2) is 0 Å². The molecule has 0 radical (unpaired) electrons. The molecular weight excluding hydrogens is 531 g/mol. The minimum atomic E-state index is -4.56. The first kappa shape index (κ1) is 30.2. The molecule has 0 N–H and O–H groups in total. The molecule has 0 saturated carbocycles. The highest BCUT2D eigenvalue weighted by atomic mass is 19.4. The van der Waals surface area contributed by atoms with Crippen LogP contribution in [0.3, 0.4) is 0 Å². The van der Waals surface area contributed by atoms with Gasteiger partial charge in [0.1, 0.15) is 5.75 Å². The number of amides is 3. The summed E-state index contributed by atoms with van der Waals surface area (Å²) >= 11 is 0. The zero-order valence-corrected chi connectivity index (χ0v) is 24.1. The van der Waals surface area contributed by atoms with Crippen molar-refractivity contribution in [1.82, 2.24) is 14.7 Å². The summed E-state index contributed by atoms with van der Waals surface area (Å²) in [5, 5.41) is 0. The second-order valence-electron chi connectivity index (χ2n) is 11.1. The number of benzene rings is 2. The molecule has 3 atom stereocenters. The Morgan fingerprint density at radius 3 is 2.41 bits per heavy atom. The number of carbonyl (C=O) groups is 2. The molecule has 4 rings (SSSR count). The molecule has 9 heteroatoms. The zero-order valence-electron chi connectivity index (χ0n) is 24.1. The van der Waals surface area contributed by atoms with Crippen molar-refractivity contribution in [2.45, 2.75) is 57.4 Å². The van der Waals surface area contributed by atoms with Crippen LogP contribution in [0, 0.1) is 12.3 Å². The molecule has 220 valence electrons. The molecule has 2 fully saturated rings. The third-order valence-electron chi connectivity index (χ3n) is 8.68. The van der Waals surface area contributed by atoms with Crippen LogP contribution in [0.5, 0.6) is 5.75 Å². The van der Waals surface area contributed by atoms with Gasteiger partial charge in [0.2, 0.25) is 5.91 Å². The molecular formula is C32H38F3N3O3. The summed E-state index contributed by atoms with van der Waals surface area (Å²) in [6.07, 6.45) is 0.531. The third-order valence-corrected chi connectivity index (χ3v) is 8.68. The van der Waals surface area contributed by atoms with E-state index < -0.39 is 29.2 Å². The predicted octanol–water partition coefficient (Wildman–Crippen LogP) is 6.93. The number of nitrogens with zero attached hydrogens (tertiary/aromatic N) is 3. The number of carbonyl (C=O) groups excluding carboxylic acids is 2. The van der Waals surface area contributed by atoms with Gasteiger partial charge < -0.3 is 19.4 Å². The fourth-order valence-corrected chi connectivity index (χ4v) is 6.39. The van der Waals surface area contributed by atoms with E-state index in [1.54, 1.807) is 31.0 Å². The Kier molecular flexibility index (Phi) is 8.57. The fraction of sp³-hybridized carbons (Fsp3) is 0.438. The SMILES string of the molecule is C=CCC1(CC=C)CC2C(c3ccccc3C)N(C(=O)N(C)C(C)c3cc(OC)cc(C(F)(F)F)c3)CCN2C1=O. The fourth-order valence-electron chi connectivity index (χ4n) is 6.39. The van der Waals surface area contributed by atoms with Gasteiger partial charge in [-0.15, -0.1) is 13.2 Å². The van der Waals surface area contributed by atoms with Gasteiger partial charge in [0, 0.05) is 20.1 Å². The molecule has 2 aromatic carbocycles. The highest BCUT2D eigenvalue weighted by Gasteiger charge is 2.56. The summed E-state index contributed by atoms with van der Waals surface area (Å²) in [7, 11) is 2.91. The number of fused-ring (bicyclic) bond motifs is 1. The molecule has 2 saturated heterocycles. The van der Waals surface area contributed by atoms with Gasteiger partial charge in [-0.3, -0.25) is 4.79 Å². The second-order valence-corrected chi connectivity index (χ2v) is 11.1. The molecule has 3 unspecified atom stereocenters. The normalized spacial score (nSPS) is 20.8. The van der Waals surface area contributed by atoms with E-state index in [2.05, 4.69) is 13.2 Å². The van der Waals surface area contributed by atoms with Gasteiger partial charge in [0.25, 0.3) is 0 Å². The monoisotopic (exact) mass is 569 g/mol. The van der Waals surface area contributed by atoms with E-state index in [0.29, 0.717) is 37.9 Å². The average molecular weight is 570 g/mol. The highest BCUT2D eigenvalue weighted by Crippen LogP contribution is 2.50. The number of methoxy groups -OCH3 is 1. The van der Waals surface area contributed by atoms with Crippen molar-refractivity contribution < 1.29 is 27.5 Å². The number of hydrogen-bond donors (Lipinski definition) is 0. The Balaban J connectivity index is 1.73. The minimum Gasteiger partial charge on any atom is -0.497 e. The van der Waals surface area contributed by atoms with E-state index in [0.717, 1.165) is 23.3 Å². The van der Waals surface area contributed by atoms with Crippen molar-refractivity contribution in [2.75, 3.05) is 27.2 Å². The number of halogens is 3. The van der Waals surface area contributed by atoms with Crippen LogP contribution in [-0.4, -0.2) is 59.9 Å². The number of hydrogen-bond acceptors (Lipinski definition) is 3. The predicted molar refractivity (Wildman–Crippen MR) is 152 cm³/mol. The van der Waals surface area contributed by atoms with Crippen LogP contribution in [0.4, 0.5) is 18.0 Å². The maximum absolute atomic E-state index is 14.2. The molecule has 2 aliphatic heterocycles. The lowest BCUT2D eigenvalue weighted by Gasteiger charge is -2.47. The van der Waals surface area contributed by atoms with Crippen molar-refractivity contribution >= 4 is 11.9 Å². The molecule has 2 aliphatic rings. The molecule has 0 aromatic heterocycles. The molecule has 0 spiro atoms. The molecule has 2 aromatic rings. The van der Waals surface area contributed by atoms with E-state index in [9.17, 15) is 22.8 Å². The number of piperazine rings is 1. The summed E-state index contributed by atoms with van der Waals surface area (Å²) in [6, 6.07) is 9.65. The zero-order chi connectivity index (χ0) is 30.1. The number of allylic oxidation sites excluding steroid dienone is 2. The Hall–Kier alpha value is -3.75. The van der Waals surface area contributed by atoms with Gasteiger partial charge in [-0.2, -0.15) is 13.2 Å². The van der Waals surface area contributed by atoms with E-state index in [-0.39, 0.29) is 23.7 Å². The van der Waals surface area contributed by atoms with Crippen LogP contribution in [0.15, 0.2) is 67.8 Å². The number of aryl methyl sites for hydroxylation is 1. The Bertz CT molecular complexity index is 1310. The second kappa shape index (κ2) is 11.6. The van der Waals surface area contributed by atoms with Crippen molar-refractivity contribution in [2.24, 2.45) is 5.41 Å². The Morgan fingerprint density at radius 1 is 1.17 bits per heavy atom. The van der Waals surface area contributed by atoms with Crippen molar-refractivity contribution in [3.8, 4) is 5.75 Å². The van der Waals surface area contributed by atoms with Crippen LogP contribution in [0.1, 0.15) is 60.5 Å². The lowest BCUT2D eigenvalue weighted by Crippen LogP contribution is -2.57. The molecule has 3 amide bonds. The van der Waals surface area contributed by atoms with Crippen LogP contribution < -0.4 is 4.74 Å². The van der Waals surface area contributed by atoms with Gasteiger partial charge >= 0.3 is 12.2 Å². The first-order valence-corrected chi connectivity index (χ1v) is 13.8. The van der Waals surface area contributed by atoms with E-state index in [4.69, 9.17) is 4.74 Å². The molecule has 0 bridgehead atoms. The number of urea groups is 1. The maximum atomic E-state index is 14.2. The Morgan fingerprint density at radius 2 is 1.83 bits per heavy atom. The molecule has 2 heterocycles. The summed E-state index contributed by atoms with van der Waals surface area (Å²) in [6.45, 7) is 12.1. The van der Waals surface area contributed by atoms with Crippen molar-refractivity contribution in [3.63, 3.8) is 0 Å². The minimum absolute atomic E-state index is 0.0470. The van der Waals surface area contributed by atoms with Crippen LogP contribution in [0.2, 0.25) is 0 Å². The van der Waals surface area contributed by atoms with Crippen LogP contribution >= 0.6 is 0 Å². The third kappa shape index (κ3) is 5.59. The topological polar surface area (TPSA) is 53.1 Å². The summed E-state index contributed by atoms with van der Waals surface area (Å²) in [5.74, 6) is 0.116. The van der Waals surface area contributed by atoms with Gasteiger partial charge in [-0.1, -0.05) is 36.4 Å². The molecule has 6 nitrogen and oxygen atoms in total. The maximum Gasteiger partial charge on any atom is 0.416 e. The lowest BCUT2D eigenvalue weighted by molar-refractivity contribution is -0.139. The standard InChI is InChI=1S/C32H38F3N3O3/c1-7-13-31(14-8-2)20-27-28(26-12-10-9-11-21(26)3)38(16-15-37(27)29(31)39)30(40)36(5)22(4)23-17-24(32(33,34)35)19-25(18-23)41-6/h7-12,17-19,22,27-28H,1-2,13-16,20H2,3-6H3. The summed E-state index contributed by atoms with van der Waals surface area (Å²) in [5.41, 5.74) is 0.745. The average Bonchev–Trinajstić information content (AvgIpc) is 3.22. The van der Waals surface area contributed by atoms with Gasteiger partial charge in [0.05, 0.1) is 36.2 Å². The van der Waals surface area contributed by atoms with Gasteiger partial charge in [-0.05, 0) is 68.0 Å². The van der Waals surface area contributed by atoms with Crippen LogP contribution in [-0.2, 0) is 11.0 Å². The number of rotatable bonds is 8. The molecule has 0 aliphatic carbocycles. The van der Waals surface area contributed by atoms with Crippen molar-refractivity contribution in [1.29, 1.82) is 0 Å². The number of alkyl halides is 3. The van der Waals surface area contributed by atoms with E-state index in [1.165, 1.54) is 18.1 Å². The van der Waals surface area contributed by atoms with Gasteiger partial charge in [-0.25, -0.2) is 4.79 Å². The first-order chi connectivity index (χ1) is 19.4. The summed E-state index contributed by atoms with van der Waals surface area (Å²) in [4.78, 5) is 33.1. The van der Waals surface area contributed by atoms with E-state index in [1.807, 2.05) is 36.1 Å². The smallest absolute Gasteiger partial charge is 0.416 e. The number of ether oxygens (including phenoxy) is 1. The lowest BCUT2D eigenvalue weighted by atomic mass is 9.76. The molecule has 41 heavy (non-hydrogen) atoms. The highest BCUT2D eigenvalue weighted by molar-refractivity contribution is 5.87. The first-order valence-electron chi connectivity index (χ1n) is 13.8. The van der Waals surface area contributed by atoms with Crippen LogP contribution in [0.25, 0.3) is 0 Å².